The first-order valence-electron chi connectivity index (χ1n) is 7.66. The number of aromatic amines is 1. The van der Waals surface area contributed by atoms with E-state index in [1.165, 1.54) is 0 Å². The standard InChI is InChI=1S/C18H19BrN2O/c19-16-9-5-4-8-14(16)15(17-11-20-12-21-17)10-18(22)13-6-2-1-3-7-13/h1-2,4-5,8-9,11-13,15H,3,6-7,10H2,(H,20,21). The van der Waals surface area contributed by atoms with E-state index in [1.807, 2.05) is 24.4 Å². The molecule has 1 aliphatic carbocycles. The van der Waals surface area contributed by atoms with Crippen LogP contribution in [-0.2, 0) is 4.79 Å². The van der Waals surface area contributed by atoms with Crippen LogP contribution >= 0.6 is 15.9 Å². The third-order valence-corrected chi connectivity index (χ3v) is 5.03. The monoisotopic (exact) mass is 358 g/mol. The van der Waals surface area contributed by atoms with Gasteiger partial charge in [0.15, 0.2) is 0 Å². The van der Waals surface area contributed by atoms with Gasteiger partial charge in [-0.3, -0.25) is 4.79 Å². The number of benzene rings is 1. The molecule has 0 amide bonds. The maximum absolute atomic E-state index is 12.7. The number of nitrogens with zero attached hydrogens (tertiary/aromatic N) is 1. The topological polar surface area (TPSA) is 45.8 Å². The van der Waals surface area contributed by atoms with Crippen LogP contribution in [0.4, 0.5) is 0 Å². The fourth-order valence-electron chi connectivity index (χ4n) is 3.06. The summed E-state index contributed by atoms with van der Waals surface area (Å²) < 4.78 is 1.03. The van der Waals surface area contributed by atoms with Gasteiger partial charge in [0.2, 0.25) is 0 Å². The molecule has 0 saturated carbocycles. The summed E-state index contributed by atoms with van der Waals surface area (Å²) >= 11 is 3.61. The number of hydrogen-bond donors (Lipinski definition) is 1. The molecule has 22 heavy (non-hydrogen) atoms. The summed E-state index contributed by atoms with van der Waals surface area (Å²) in [5, 5.41) is 0. The Kier molecular flexibility index (Phi) is 4.88. The van der Waals surface area contributed by atoms with Crippen molar-refractivity contribution in [3.8, 4) is 0 Å². The largest absolute Gasteiger partial charge is 0.348 e. The number of hydrogen-bond acceptors (Lipinski definition) is 2. The lowest BCUT2D eigenvalue weighted by molar-refractivity contribution is -0.123. The van der Waals surface area contributed by atoms with Crippen LogP contribution in [0.25, 0.3) is 0 Å². The van der Waals surface area contributed by atoms with Gasteiger partial charge in [0.1, 0.15) is 5.78 Å². The minimum atomic E-state index is 0.0245. The Balaban J connectivity index is 1.85. The van der Waals surface area contributed by atoms with Crippen molar-refractivity contribution in [1.29, 1.82) is 0 Å². The van der Waals surface area contributed by atoms with Crippen molar-refractivity contribution in [2.45, 2.75) is 31.6 Å². The van der Waals surface area contributed by atoms with Gasteiger partial charge >= 0.3 is 0 Å². The molecule has 1 N–H and O–H groups in total. The molecule has 0 saturated heterocycles. The number of allylic oxidation sites excluding steroid dienone is 2. The van der Waals surface area contributed by atoms with Gasteiger partial charge in [-0.2, -0.15) is 0 Å². The van der Waals surface area contributed by atoms with Crippen molar-refractivity contribution >= 4 is 21.7 Å². The second-order valence-corrected chi connectivity index (χ2v) is 6.59. The third-order valence-electron chi connectivity index (χ3n) is 4.31. The van der Waals surface area contributed by atoms with E-state index < -0.39 is 0 Å². The fraction of sp³-hybridized carbons (Fsp3) is 0.333. The lowest BCUT2D eigenvalue weighted by atomic mass is 9.83. The lowest BCUT2D eigenvalue weighted by Crippen LogP contribution is -2.19. The molecule has 2 aromatic rings. The number of nitrogens with one attached hydrogen (secondary N) is 1. The smallest absolute Gasteiger partial charge is 0.137 e. The van der Waals surface area contributed by atoms with Gasteiger partial charge in [-0.15, -0.1) is 0 Å². The van der Waals surface area contributed by atoms with E-state index in [2.05, 4.69) is 44.1 Å². The van der Waals surface area contributed by atoms with E-state index in [9.17, 15) is 4.79 Å². The SMILES string of the molecule is O=C(CC(c1cnc[nH]1)c1ccccc1Br)C1CC=CCC1. The minimum Gasteiger partial charge on any atom is -0.348 e. The summed E-state index contributed by atoms with van der Waals surface area (Å²) in [4.78, 5) is 20.0. The molecular weight excluding hydrogens is 340 g/mol. The molecule has 0 spiro atoms. The summed E-state index contributed by atoms with van der Waals surface area (Å²) in [6.07, 6.45) is 11.2. The summed E-state index contributed by atoms with van der Waals surface area (Å²) in [7, 11) is 0. The Morgan fingerprint density at radius 1 is 1.36 bits per heavy atom. The number of ketones is 1. The number of halogens is 1. The van der Waals surface area contributed by atoms with Crippen LogP contribution in [0.3, 0.4) is 0 Å². The Bertz CT molecular complexity index is 663. The molecule has 3 rings (SSSR count). The summed E-state index contributed by atoms with van der Waals surface area (Å²) in [6.45, 7) is 0. The molecule has 4 heteroatoms. The second kappa shape index (κ2) is 7.05. The normalized spacial score (nSPS) is 19.0. The Labute approximate surface area is 139 Å². The van der Waals surface area contributed by atoms with Crippen LogP contribution in [0.5, 0.6) is 0 Å². The van der Waals surface area contributed by atoms with Crippen LogP contribution in [0.1, 0.15) is 42.9 Å². The Morgan fingerprint density at radius 2 is 2.23 bits per heavy atom. The highest BCUT2D eigenvalue weighted by atomic mass is 79.9. The Hall–Kier alpha value is -1.68. The summed E-state index contributed by atoms with van der Waals surface area (Å²) in [5.41, 5.74) is 2.12. The van der Waals surface area contributed by atoms with E-state index in [0.717, 1.165) is 35.0 Å². The lowest BCUT2D eigenvalue weighted by Gasteiger charge is -2.21. The number of rotatable bonds is 5. The third kappa shape index (κ3) is 3.38. The van der Waals surface area contributed by atoms with E-state index in [1.54, 1.807) is 6.33 Å². The number of H-pyrrole nitrogens is 1. The highest BCUT2D eigenvalue weighted by Crippen LogP contribution is 2.34. The molecule has 1 aliphatic rings. The number of carbonyl (C=O) groups excluding carboxylic acids is 1. The number of Topliss-reactive ketones (excluding diaryl/α,β-unsaturated/α-hetero) is 1. The van der Waals surface area contributed by atoms with Crippen molar-refractivity contribution in [2.75, 3.05) is 0 Å². The van der Waals surface area contributed by atoms with Gasteiger partial charge in [-0.05, 0) is 30.9 Å². The average Bonchev–Trinajstić information content (AvgIpc) is 3.08. The van der Waals surface area contributed by atoms with Crippen LogP contribution in [-0.4, -0.2) is 15.8 Å². The van der Waals surface area contributed by atoms with Crippen LogP contribution in [0, 0.1) is 5.92 Å². The van der Waals surface area contributed by atoms with Crippen molar-refractivity contribution in [1.82, 2.24) is 9.97 Å². The zero-order valence-electron chi connectivity index (χ0n) is 12.3. The number of aromatic nitrogens is 2. The first kappa shape index (κ1) is 15.2. The number of imidazole rings is 1. The first-order chi connectivity index (χ1) is 10.8. The highest BCUT2D eigenvalue weighted by molar-refractivity contribution is 9.10. The molecule has 0 radical (unpaired) electrons. The zero-order valence-corrected chi connectivity index (χ0v) is 13.9. The molecule has 1 aromatic heterocycles. The van der Waals surface area contributed by atoms with Crippen LogP contribution in [0.15, 0.2) is 53.4 Å². The summed E-state index contributed by atoms with van der Waals surface area (Å²) in [5.74, 6) is 0.536. The number of carbonyl (C=O) groups is 1. The zero-order chi connectivity index (χ0) is 15.4. The quantitative estimate of drug-likeness (QED) is 0.792. The molecule has 0 fully saturated rings. The highest BCUT2D eigenvalue weighted by Gasteiger charge is 2.26. The minimum absolute atomic E-state index is 0.0245. The summed E-state index contributed by atoms with van der Waals surface area (Å²) in [6, 6.07) is 8.10. The molecule has 114 valence electrons. The Morgan fingerprint density at radius 3 is 2.91 bits per heavy atom. The molecular formula is C18H19BrN2O. The predicted molar refractivity (Wildman–Crippen MR) is 90.7 cm³/mol. The van der Waals surface area contributed by atoms with E-state index in [4.69, 9.17) is 0 Å². The first-order valence-corrected chi connectivity index (χ1v) is 8.45. The van der Waals surface area contributed by atoms with E-state index in [-0.39, 0.29) is 11.8 Å². The van der Waals surface area contributed by atoms with Gasteiger partial charge in [0.05, 0.1) is 6.33 Å². The van der Waals surface area contributed by atoms with Crippen LogP contribution in [0.2, 0.25) is 0 Å². The molecule has 1 aromatic carbocycles. The van der Waals surface area contributed by atoms with Crippen molar-refractivity contribution in [3.63, 3.8) is 0 Å². The van der Waals surface area contributed by atoms with Gasteiger partial charge < -0.3 is 4.98 Å². The maximum Gasteiger partial charge on any atom is 0.137 e. The molecule has 0 bridgehead atoms. The van der Waals surface area contributed by atoms with Gasteiger partial charge in [0.25, 0.3) is 0 Å². The molecule has 1 heterocycles. The predicted octanol–water partition coefficient (Wildman–Crippen LogP) is 4.62. The van der Waals surface area contributed by atoms with Crippen LogP contribution < -0.4 is 0 Å². The van der Waals surface area contributed by atoms with Crippen molar-refractivity contribution in [3.05, 3.63) is 64.7 Å². The van der Waals surface area contributed by atoms with Crippen molar-refractivity contribution < 1.29 is 4.79 Å². The van der Waals surface area contributed by atoms with Gasteiger partial charge in [-0.25, -0.2) is 4.98 Å². The van der Waals surface area contributed by atoms with E-state index >= 15 is 0 Å². The molecule has 0 aliphatic heterocycles. The van der Waals surface area contributed by atoms with E-state index in [0.29, 0.717) is 12.2 Å². The van der Waals surface area contributed by atoms with Crippen molar-refractivity contribution in [2.24, 2.45) is 5.92 Å². The second-order valence-electron chi connectivity index (χ2n) is 5.73. The molecule has 3 nitrogen and oxygen atoms in total. The fourth-order valence-corrected chi connectivity index (χ4v) is 3.62. The average molecular weight is 359 g/mol. The van der Waals surface area contributed by atoms with Gasteiger partial charge in [-0.1, -0.05) is 46.3 Å². The van der Waals surface area contributed by atoms with Gasteiger partial charge in [0, 0.05) is 34.6 Å². The maximum atomic E-state index is 12.7. The molecule has 2 atom stereocenters. The molecule has 2 unspecified atom stereocenters.